The summed E-state index contributed by atoms with van der Waals surface area (Å²) in [4.78, 5) is 29.1. The van der Waals surface area contributed by atoms with Gasteiger partial charge in [-0.05, 0) is 57.5 Å². The predicted octanol–water partition coefficient (Wildman–Crippen LogP) is 5.35. The summed E-state index contributed by atoms with van der Waals surface area (Å²) >= 11 is 0. The van der Waals surface area contributed by atoms with E-state index in [9.17, 15) is 18.0 Å². The Morgan fingerprint density at radius 3 is 2.00 bits per heavy atom. The molecule has 1 aliphatic rings. The lowest BCUT2D eigenvalue weighted by Crippen LogP contribution is -2.36. The Morgan fingerprint density at radius 2 is 1.39 bits per heavy atom. The number of nitrogens with zero attached hydrogens (tertiary/aromatic N) is 2. The summed E-state index contributed by atoms with van der Waals surface area (Å²) in [5, 5.41) is 0. The minimum atomic E-state index is -4.03. The van der Waals surface area contributed by atoms with Crippen LogP contribution in [0.15, 0.2) is 89.5 Å². The number of Topliss-reactive ketones (excluding diaryl/α,β-unsaturated/α-hetero) is 1. The molecule has 0 saturated carbocycles. The van der Waals surface area contributed by atoms with Crippen molar-refractivity contribution in [2.45, 2.75) is 51.2 Å². The summed E-state index contributed by atoms with van der Waals surface area (Å²) in [5.74, 6) is -1.34. The van der Waals surface area contributed by atoms with Crippen LogP contribution < -0.4 is 0 Å². The average Bonchev–Trinajstić information content (AvgIpc) is 2.90. The quantitative estimate of drug-likeness (QED) is 0.287. The topological polar surface area (TPSA) is 84.0 Å². The zero-order chi connectivity index (χ0) is 27.6. The lowest BCUT2D eigenvalue weighted by atomic mass is 10.0. The van der Waals surface area contributed by atoms with Crippen LogP contribution in [0.1, 0.15) is 59.5 Å². The van der Waals surface area contributed by atoms with Gasteiger partial charge >= 0.3 is 5.97 Å². The third kappa shape index (κ3) is 5.28. The van der Waals surface area contributed by atoms with E-state index in [4.69, 9.17) is 4.74 Å². The van der Waals surface area contributed by atoms with Gasteiger partial charge in [0, 0.05) is 36.8 Å². The van der Waals surface area contributed by atoms with Gasteiger partial charge in [0.05, 0.1) is 10.5 Å². The maximum atomic E-state index is 13.5. The summed E-state index contributed by atoms with van der Waals surface area (Å²) in [5.41, 5.74) is 1.57. The highest BCUT2D eigenvalue weighted by molar-refractivity contribution is 7.89. The second-order valence-corrected chi connectivity index (χ2v) is 11.7. The van der Waals surface area contributed by atoms with E-state index < -0.39 is 21.8 Å². The Balaban J connectivity index is 1.73. The van der Waals surface area contributed by atoms with Crippen molar-refractivity contribution in [3.05, 3.63) is 107 Å². The number of rotatable bonds is 8. The number of carbonyl (C=O) groups excluding carboxylic acids is 2. The molecule has 0 aliphatic carbocycles. The Morgan fingerprint density at radius 1 is 0.816 bits per heavy atom. The molecular weight excluding hydrogens is 500 g/mol. The van der Waals surface area contributed by atoms with E-state index >= 15 is 0 Å². The van der Waals surface area contributed by atoms with Crippen LogP contribution in [0.4, 0.5) is 0 Å². The largest absolute Gasteiger partial charge is 0.420 e. The number of sulfonamides is 1. The molecule has 8 heteroatoms. The van der Waals surface area contributed by atoms with Gasteiger partial charge in [-0.3, -0.25) is 14.0 Å². The maximum Gasteiger partial charge on any atom is 0.343 e. The molecule has 0 bridgehead atoms. The second kappa shape index (κ2) is 10.9. The molecule has 198 valence electrons. The molecular formula is C30H32N2O5S. The average molecular weight is 533 g/mol. The number of hydrogen-bond acceptors (Lipinski definition) is 6. The molecule has 0 aromatic heterocycles. The molecule has 0 fully saturated rings. The molecule has 0 unspecified atom stereocenters. The van der Waals surface area contributed by atoms with Crippen molar-refractivity contribution in [2.24, 2.45) is 0 Å². The highest BCUT2D eigenvalue weighted by Gasteiger charge is 2.39. The van der Waals surface area contributed by atoms with Crippen molar-refractivity contribution in [2.75, 3.05) is 7.05 Å². The number of fused-ring (bicyclic) bond motifs is 1. The molecule has 7 nitrogen and oxygen atoms in total. The molecule has 4 rings (SSSR count). The van der Waals surface area contributed by atoms with Crippen molar-refractivity contribution in [3.63, 3.8) is 0 Å². The van der Waals surface area contributed by atoms with Gasteiger partial charge in [-0.1, -0.05) is 54.6 Å². The highest BCUT2D eigenvalue weighted by atomic mass is 32.2. The van der Waals surface area contributed by atoms with Crippen molar-refractivity contribution < 1.29 is 22.7 Å². The Bertz CT molecular complexity index is 1470. The summed E-state index contributed by atoms with van der Waals surface area (Å²) in [6.07, 6.45) is 0. The van der Waals surface area contributed by atoms with E-state index in [2.05, 4.69) is 32.6 Å². The Kier molecular flexibility index (Phi) is 7.85. The SMILES string of the molecule is CC(C)N(Cc1ccc(C(=O)OC2=C(C(=O)c3ccccc3)N(C)S(=O)(=O)c3ccccc32)cc1)C(C)C. The lowest BCUT2D eigenvalue weighted by molar-refractivity contribution is 0.0686. The number of carbonyl (C=O) groups is 2. The van der Waals surface area contributed by atoms with E-state index in [1.165, 1.54) is 19.2 Å². The normalized spacial score (nSPS) is 14.7. The molecule has 38 heavy (non-hydrogen) atoms. The molecule has 0 amide bonds. The van der Waals surface area contributed by atoms with Gasteiger partial charge in [-0.2, -0.15) is 0 Å². The van der Waals surface area contributed by atoms with Crippen molar-refractivity contribution in [1.29, 1.82) is 0 Å². The first-order valence-electron chi connectivity index (χ1n) is 12.5. The van der Waals surface area contributed by atoms with Gasteiger partial charge in [-0.15, -0.1) is 0 Å². The van der Waals surface area contributed by atoms with Crippen LogP contribution in [0.25, 0.3) is 5.76 Å². The Hall–Kier alpha value is -3.75. The van der Waals surface area contributed by atoms with Crippen LogP contribution in [-0.4, -0.2) is 48.5 Å². The van der Waals surface area contributed by atoms with Crippen LogP contribution in [0.3, 0.4) is 0 Å². The molecule has 0 radical (unpaired) electrons. The fourth-order valence-corrected chi connectivity index (χ4v) is 5.95. The van der Waals surface area contributed by atoms with Crippen LogP contribution in [0.2, 0.25) is 0 Å². The van der Waals surface area contributed by atoms with E-state index in [0.717, 1.165) is 16.4 Å². The fraction of sp³-hybridized carbons (Fsp3) is 0.267. The summed E-state index contributed by atoms with van der Waals surface area (Å²) < 4.78 is 33.3. The zero-order valence-corrected chi connectivity index (χ0v) is 23.0. The number of allylic oxidation sites excluding steroid dienone is 1. The molecule has 3 aromatic rings. The smallest absolute Gasteiger partial charge is 0.343 e. The zero-order valence-electron chi connectivity index (χ0n) is 22.2. The highest BCUT2D eigenvalue weighted by Crippen LogP contribution is 2.38. The number of hydrogen-bond donors (Lipinski definition) is 0. The number of ketones is 1. The second-order valence-electron chi connectivity index (χ2n) is 9.79. The molecule has 0 atom stereocenters. The van der Waals surface area contributed by atoms with Gasteiger partial charge < -0.3 is 4.74 Å². The van der Waals surface area contributed by atoms with Gasteiger partial charge in [0.1, 0.15) is 5.70 Å². The van der Waals surface area contributed by atoms with Crippen LogP contribution in [0.5, 0.6) is 0 Å². The van der Waals surface area contributed by atoms with Crippen LogP contribution >= 0.6 is 0 Å². The monoisotopic (exact) mass is 532 g/mol. The first-order chi connectivity index (χ1) is 18.0. The van der Waals surface area contributed by atoms with Crippen molar-refractivity contribution in [3.8, 4) is 0 Å². The van der Waals surface area contributed by atoms with Gasteiger partial charge in [0.25, 0.3) is 10.0 Å². The third-order valence-corrected chi connectivity index (χ3v) is 8.44. The summed E-state index contributed by atoms with van der Waals surface area (Å²) in [6, 6.07) is 22.4. The van der Waals surface area contributed by atoms with Crippen LogP contribution in [0, 0.1) is 0 Å². The van der Waals surface area contributed by atoms with Gasteiger partial charge in [-0.25, -0.2) is 13.2 Å². The summed E-state index contributed by atoms with van der Waals surface area (Å²) in [6.45, 7) is 9.32. The molecule has 0 N–H and O–H groups in total. The predicted molar refractivity (Wildman–Crippen MR) is 147 cm³/mol. The minimum absolute atomic E-state index is 0.0345. The van der Waals surface area contributed by atoms with E-state index in [-0.39, 0.29) is 27.5 Å². The summed E-state index contributed by atoms with van der Waals surface area (Å²) in [7, 11) is -2.74. The maximum absolute atomic E-state index is 13.5. The number of likely N-dealkylation sites (N-methyl/N-ethyl adjacent to an activating group) is 1. The molecule has 1 heterocycles. The standard InChI is InChI=1S/C30H32N2O5S/c1-20(2)32(21(3)4)19-22-15-17-24(18-16-22)30(34)37-29-25-13-9-10-14-26(25)38(35,36)31(5)27(29)28(33)23-11-7-6-8-12-23/h6-18,20-21H,19H2,1-5H3. The molecule has 0 spiro atoms. The molecule has 1 aliphatic heterocycles. The van der Waals surface area contributed by atoms with Gasteiger partial charge in [0.2, 0.25) is 5.78 Å². The van der Waals surface area contributed by atoms with E-state index in [1.54, 1.807) is 54.6 Å². The number of benzene rings is 3. The van der Waals surface area contributed by atoms with E-state index in [1.807, 2.05) is 12.1 Å². The third-order valence-electron chi connectivity index (χ3n) is 6.63. The lowest BCUT2D eigenvalue weighted by Gasteiger charge is -2.30. The molecule has 0 saturated heterocycles. The fourth-order valence-electron chi connectivity index (χ4n) is 4.56. The van der Waals surface area contributed by atoms with Crippen molar-refractivity contribution >= 4 is 27.5 Å². The first kappa shape index (κ1) is 27.3. The number of ether oxygens (including phenoxy) is 1. The minimum Gasteiger partial charge on any atom is -0.420 e. The Labute approximate surface area is 224 Å². The van der Waals surface area contributed by atoms with Crippen LogP contribution in [-0.2, 0) is 21.3 Å². The first-order valence-corrected chi connectivity index (χ1v) is 14.0. The van der Waals surface area contributed by atoms with E-state index in [0.29, 0.717) is 17.6 Å². The van der Waals surface area contributed by atoms with Gasteiger partial charge in [0.15, 0.2) is 5.76 Å². The van der Waals surface area contributed by atoms with Crippen molar-refractivity contribution in [1.82, 2.24) is 9.21 Å². The molecule has 3 aromatic carbocycles. The number of esters is 1.